The first kappa shape index (κ1) is 15.2. The fraction of sp³-hybridized carbons (Fsp3) is 0.462. The highest BCUT2D eigenvalue weighted by Gasteiger charge is 2.52. The minimum Gasteiger partial charge on any atom is -0.481 e. The highest BCUT2D eigenvalue weighted by molar-refractivity contribution is 9.10. The lowest BCUT2D eigenvalue weighted by Crippen LogP contribution is -2.25. The topological polar surface area (TPSA) is 42.3 Å². The number of alkyl halides is 3. The van der Waals surface area contributed by atoms with Gasteiger partial charge in [0.2, 0.25) is 0 Å². The molecule has 0 heterocycles. The summed E-state index contributed by atoms with van der Waals surface area (Å²) in [6, 6.07) is 4.29. The minimum absolute atomic E-state index is 0.00914. The second kappa shape index (κ2) is 5.27. The number of hydrogen-bond acceptors (Lipinski definition) is 3. The summed E-state index contributed by atoms with van der Waals surface area (Å²) >= 11 is 3.24. The molecule has 20 heavy (non-hydrogen) atoms. The van der Waals surface area contributed by atoms with Gasteiger partial charge in [0.05, 0.1) is 12.0 Å². The van der Waals surface area contributed by atoms with Crippen LogP contribution in [0.4, 0.5) is 13.2 Å². The van der Waals surface area contributed by atoms with E-state index in [-0.39, 0.29) is 11.6 Å². The Bertz CT molecular complexity index is 527. The van der Waals surface area contributed by atoms with Crippen molar-refractivity contribution in [3.05, 3.63) is 28.2 Å². The summed E-state index contributed by atoms with van der Waals surface area (Å²) < 4.78 is 47.3. The smallest absolute Gasteiger partial charge is 0.481 e. The van der Waals surface area contributed by atoms with Crippen LogP contribution in [0.5, 0.6) is 5.75 Å². The first-order valence-corrected chi connectivity index (χ1v) is 6.85. The van der Waals surface area contributed by atoms with Crippen molar-refractivity contribution >= 4 is 21.8 Å². The summed E-state index contributed by atoms with van der Waals surface area (Å²) in [4.78, 5) is 0. The molecule has 0 bridgehead atoms. The largest absolute Gasteiger partial charge is 0.573 e. The third kappa shape index (κ3) is 3.08. The van der Waals surface area contributed by atoms with Crippen molar-refractivity contribution in [3.8, 4) is 5.75 Å². The Labute approximate surface area is 122 Å². The molecule has 1 fully saturated rings. The van der Waals surface area contributed by atoms with Crippen LogP contribution in [-0.4, -0.2) is 18.9 Å². The average Bonchev–Trinajstić information content (AvgIpc) is 3.11. The van der Waals surface area contributed by atoms with Crippen molar-refractivity contribution < 1.29 is 22.6 Å². The quantitative estimate of drug-likeness (QED) is 0.645. The Hall–Kier alpha value is -1.24. The molecule has 110 valence electrons. The molecular weight excluding hydrogens is 339 g/mol. The number of hydrogen-bond donors (Lipinski definition) is 1. The first-order valence-electron chi connectivity index (χ1n) is 6.06. The number of benzene rings is 1. The van der Waals surface area contributed by atoms with Gasteiger partial charge < -0.3 is 9.47 Å². The zero-order valence-corrected chi connectivity index (χ0v) is 12.3. The summed E-state index contributed by atoms with van der Waals surface area (Å²) in [7, 11) is 0. The summed E-state index contributed by atoms with van der Waals surface area (Å²) in [6.45, 7) is 2.04. The van der Waals surface area contributed by atoms with E-state index in [1.165, 1.54) is 12.1 Å². The van der Waals surface area contributed by atoms with Gasteiger partial charge in [-0.2, -0.15) is 0 Å². The Balaban J connectivity index is 2.40. The molecule has 3 nitrogen and oxygen atoms in total. The molecule has 0 aliphatic heterocycles. The van der Waals surface area contributed by atoms with Crippen LogP contribution in [0.3, 0.4) is 0 Å². The standard InChI is InChI=1S/C13H13BrF3NO2/c1-2-19-11(18)12(5-6-12)9-7-8(14)3-4-10(9)20-13(15,16)17/h3-4,7,18H,2,5-6H2,1H3. The van der Waals surface area contributed by atoms with E-state index in [9.17, 15) is 13.2 Å². The van der Waals surface area contributed by atoms with Gasteiger partial charge >= 0.3 is 6.36 Å². The molecular formula is C13H13BrF3NO2. The van der Waals surface area contributed by atoms with Crippen LogP contribution >= 0.6 is 15.9 Å². The van der Waals surface area contributed by atoms with Crippen molar-refractivity contribution in [2.24, 2.45) is 0 Å². The molecule has 0 saturated heterocycles. The van der Waals surface area contributed by atoms with E-state index in [1.807, 2.05) is 0 Å². The van der Waals surface area contributed by atoms with Gasteiger partial charge in [0.15, 0.2) is 5.90 Å². The van der Waals surface area contributed by atoms with Crippen LogP contribution in [0.1, 0.15) is 25.3 Å². The minimum atomic E-state index is -4.76. The van der Waals surface area contributed by atoms with Crippen molar-refractivity contribution in [2.45, 2.75) is 31.5 Å². The molecule has 1 aliphatic carbocycles. The highest BCUT2D eigenvalue weighted by atomic mass is 79.9. The van der Waals surface area contributed by atoms with Gasteiger partial charge in [0.25, 0.3) is 0 Å². The average molecular weight is 352 g/mol. The number of rotatable bonds is 4. The first-order chi connectivity index (χ1) is 9.28. The van der Waals surface area contributed by atoms with Crippen LogP contribution in [0.2, 0.25) is 0 Å². The van der Waals surface area contributed by atoms with Gasteiger partial charge in [0.1, 0.15) is 5.75 Å². The lowest BCUT2D eigenvalue weighted by atomic mass is 9.94. The SMILES string of the molecule is CCOC(=N)C1(c2cc(Br)ccc2OC(F)(F)F)CC1. The summed E-state index contributed by atoms with van der Waals surface area (Å²) in [5.41, 5.74) is -0.456. The van der Waals surface area contributed by atoms with Gasteiger partial charge in [-0.3, -0.25) is 5.41 Å². The second-order valence-electron chi connectivity index (χ2n) is 4.53. The summed E-state index contributed by atoms with van der Waals surface area (Å²) in [5.74, 6) is -0.284. The normalized spacial score (nSPS) is 16.6. The molecule has 1 saturated carbocycles. The number of halogens is 4. The molecule has 7 heteroatoms. The van der Waals surface area contributed by atoms with Crippen LogP contribution in [-0.2, 0) is 10.2 Å². The lowest BCUT2D eigenvalue weighted by molar-refractivity contribution is -0.275. The molecule has 1 aromatic rings. The monoisotopic (exact) mass is 351 g/mol. The second-order valence-corrected chi connectivity index (χ2v) is 5.45. The highest BCUT2D eigenvalue weighted by Crippen LogP contribution is 2.53. The number of nitrogens with one attached hydrogen (secondary N) is 1. The van der Waals surface area contributed by atoms with Crippen molar-refractivity contribution in [3.63, 3.8) is 0 Å². The summed E-state index contributed by atoms with van der Waals surface area (Å²) in [5, 5.41) is 7.92. The third-order valence-corrected chi connectivity index (χ3v) is 3.65. The molecule has 2 rings (SSSR count). The molecule has 0 spiro atoms. The molecule has 0 radical (unpaired) electrons. The van der Waals surface area contributed by atoms with Crippen LogP contribution in [0.15, 0.2) is 22.7 Å². The zero-order chi connectivity index (χ0) is 15.0. The fourth-order valence-electron chi connectivity index (χ4n) is 2.12. The molecule has 0 unspecified atom stereocenters. The maximum atomic E-state index is 12.5. The Morgan fingerprint density at radius 1 is 1.40 bits per heavy atom. The van der Waals surface area contributed by atoms with Gasteiger partial charge in [-0.1, -0.05) is 15.9 Å². The zero-order valence-electron chi connectivity index (χ0n) is 10.7. The van der Waals surface area contributed by atoms with E-state index in [2.05, 4.69) is 20.7 Å². The van der Waals surface area contributed by atoms with Gasteiger partial charge in [-0.25, -0.2) is 0 Å². The maximum Gasteiger partial charge on any atom is 0.573 e. The van der Waals surface area contributed by atoms with E-state index in [1.54, 1.807) is 13.0 Å². The molecule has 1 aromatic carbocycles. The lowest BCUT2D eigenvalue weighted by Gasteiger charge is -2.21. The van der Waals surface area contributed by atoms with Crippen LogP contribution in [0, 0.1) is 5.41 Å². The molecule has 1 N–H and O–H groups in total. The predicted molar refractivity (Wildman–Crippen MR) is 71.1 cm³/mol. The van der Waals surface area contributed by atoms with E-state index in [0.717, 1.165) is 0 Å². The van der Waals surface area contributed by atoms with Crippen LogP contribution < -0.4 is 4.74 Å². The molecule has 1 aliphatic rings. The van der Waals surface area contributed by atoms with E-state index >= 15 is 0 Å². The Morgan fingerprint density at radius 2 is 2.05 bits per heavy atom. The van der Waals surface area contributed by atoms with Crippen molar-refractivity contribution in [1.82, 2.24) is 0 Å². The van der Waals surface area contributed by atoms with E-state index in [0.29, 0.717) is 29.5 Å². The van der Waals surface area contributed by atoms with E-state index in [4.69, 9.17) is 10.1 Å². The molecule has 0 aromatic heterocycles. The maximum absolute atomic E-state index is 12.5. The van der Waals surface area contributed by atoms with E-state index < -0.39 is 11.8 Å². The van der Waals surface area contributed by atoms with Crippen molar-refractivity contribution in [2.75, 3.05) is 6.61 Å². The Kier molecular flexibility index (Phi) is 4.00. The van der Waals surface area contributed by atoms with Crippen molar-refractivity contribution in [1.29, 1.82) is 5.41 Å². The number of ether oxygens (including phenoxy) is 2. The van der Waals surface area contributed by atoms with Gasteiger partial charge in [-0.15, -0.1) is 13.2 Å². The molecule has 0 amide bonds. The fourth-order valence-corrected chi connectivity index (χ4v) is 2.48. The van der Waals surface area contributed by atoms with Crippen LogP contribution in [0.25, 0.3) is 0 Å². The third-order valence-electron chi connectivity index (χ3n) is 3.16. The molecule has 0 atom stereocenters. The Morgan fingerprint density at radius 3 is 2.55 bits per heavy atom. The van der Waals surface area contributed by atoms with Gasteiger partial charge in [-0.05, 0) is 38.0 Å². The predicted octanol–water partition coefficient (Wildman–Crippen LogP) is 4.39. The summed E-state index contributed by atoms with van der Waals surface area (Å²) in [6.07, 6.45) is -3.60. The van der Waals surface area contributed by atoms with Gasteiger partial charge in [0, 0.05) is 10.0 Å².